The quantitative estimate of drug-likeness (QED) is 0.680. The minimum absolute atomic E-state index is 0.0153. The third-order valence-electron chi connectivity index (χ3n) is 2.87. The molecule has 0 radical (unpaired) electrons. The van der Waals surface area contributed by atoms with Crippen LogP contribution in [0.2, 0.25) is 0 Å². The number of carbonyl (C=O) groups excluding carboxylic acids is 2. The van der Waals surface area contributed by atoms with E-state index in [2.05, 4.69) is 0 Å². The molecule has 0 aliphatic rings. The van der Waals surface area contributed by atoms with Gasteiger partial charge in [-0.1, -0.05) is 20.8 Å². The highest BCUT2D eigenvalue weighted by Gasteiger charge is 2.32. The van der Waals surface area contributed by atoms with Crippen LogP contribution >= 0.6 is 0 Å². The van der Waals surface area contributed by atoms with Gasteiger partial charge >= 0.3 is 0 Å². The van der Waals surface area contributed by atoms with E-state index in [0.717, 1.165) is 0 Å². The molecular weight excluding hydrogens is 206 g/mol. The molecule has 4 nitrogen and oxygen atoms in total. The van der Waals surface area contributed by atoms with Crippen LogP contribution in [0.1, 0.15) is 40.5 Å². The van der Waals surface area contributed by atoms with Crippen LogP contribution in [0.25, 0.3) is 0 Å². The Morgan fingerprint density at radius 2 is 1.81 bits per heavy atom. The summed E-state index contributed by atoms with van der Waals surface area (Å²) in [7, 11) is 0. The van der Waals surface area contributed by atoms with Gasteiger partial charge in [0.1, 0.15) is 11.4 Å². The summed E-state index contributed by atoms with van der Waals surface area (Å²) in [5, 5.41) is 9.96. The summed E-state index contributed by atoms with van der Waals surface area (Å²) in [5.41, 5.74) is 3.91. The Kier molecular flexibility index (Phi) is 5.83. The number of nitrogens with two attached hydrogens (primary N) is 1. The molecule has 4 heteroatoms. The molecule has 0 spiro atoms. The summed E-state index contributed by atoms with van der Waals surface area (Å²) in [5.74, 6) is -0.611. The third kappa shape index (κ3) is 4.41. The average Bonchev–Trinajstić information content (AvgIpc) is 2.23. The smallest absolute Gasteiger partial charge is 0.166 e. The Balaban J connectivity index is 4.29. The normalized spacial score (nSPS) is 16.9. The van der Waals surface area contributed by atoms with E-state index in [9.17, 15) is 14.7 Å². The minimum Gasteiger partial charge on any atom is -0.382 e. The molecule has 0 aromatic heterocycles. The standard InChI is InChI=1S/C12H23NO3/c1-8(2)11(15)12(4,16)6-5-9(3)10(14)7-13/h8-9,16H,5-7,13H2,1-4H3. The Bertz CT molecular complexity index is 259. The van der Waals surface area contributed by atoms with E-state index in [-0.39, 0.29) is 29.9 Å². The van der Waals surface area contributed by atoms with Crippen molar-refractivity contribution in [2.45, 2.75) is 46.1 Å². The molecule has 0 aromatic rings. The van der Waals surface area contributed by atoms with Crippen molar-refractivity contribution in [3.05, 3.63) is 0 Å². The number of hydrogen-bond acceptors (Lipinski definition) is 4. The van der Waals surface area contributed by atoms with Crippen LogP contribution in [-0.4, -0.2) is 28.8 Å². The summed E-state index contributed by atoms with van der Waals surface area (Å²) in [6.45, 7) is 6.80. The molecule has 0 amide bonds. The van der Waals surface area contributed by atoms with Gasteiger partial charge in [0.05, 0.1) is 6.54 Å². The van der Waals surface area contributed by atoms with Crippen molar-refractivity contribution in [3.63, 3.8) is 0 Å². The minimum atomic E-state index is -1.34. The maximum absolute atomic E-state index is 11.7. The zero-order valence-corrected chi connectivity index (χ0v) is 10.6. The van der Waals surface area contributed by atoms with Crippen molar-refractivity contribution in [2.75, 3.05) is 6.54 Å². The van der Waals surface area contributed by atoms with Gasteiger partial charge in [-0.25, -0.2) is 0 Å². The molecule has 2 unspecified atom stereocenters. The van der Waals surface area contributed by atoms with E-state index in [0.29, 0.717) is 12.8 Å². The second kappa shape index (κ2) is 6.11. The SMILES string of the molecule is CC(C)C(=O)C(C)(O)CCC(C)C(=O)CN. The Morgan fingerprint density at radius 1 is 1.31 bits per heavy atom. The van der Waals surface area contributed by atoms with Crippen molar-refractivity contribution in [1.29, 1.82) is 0 Å². The largest absolute Gasteiger partial charge is 0.382 e. The lowest BCUT2D eigenvalue weighted by molar-refractivity contribution is -0.140. The first-order chi connectivity index (χ1) is 7.22. The molecule has 2 atom stereocenters. The first-order valence-electron chi connectivity index (χ1n) is 5.71. The zero-order valence-electron chi connectivity index (χ0n) is 10.6. The molecule has 0 aliphatic carbocycles. The second-order valence-electron chi connectivity index (χ2n) is 4.90. The van der Waals surface area contributed by atoms with Crippen LogP contribution in [0, 0.1) is 11.8 Å². The highest BCUT2D eigenvalue weighted by molar-refractivity contribution is 5.88. The number of aliphatic hydroxyl groups is 1. The molecule has 0 saturated carbocycles. The van der Waals surface area contributed by atoms with Crippen molar-refractivity contribution in [2.24, 2.45) is 17.6 Å². The van der Waals surface area contributed by atoms with Crippen LogP contribution in [0.5, 0.6) is 0 Å². The van der Waals surface area contributed by atoms with Gasteiger partial charge in [-0.3, -0.25) is 9.59 Å². The van der Waals surface area contributed by atoms with Gasteiger partial charge in [0.25, 0.3) is 0 Å². The average molecular weight is 229 g/mol. The molecule has 16 heavy (non-hydrogen) atoms. The summed E-state index contributed by atoms with van der Waals surface area (Å²) in [6.07, 6.45) is 0.790. The molecule has 94 valence electrons. The van der Waals surface area contributed by atoms with Gasteiger partial charge in [0.15, 0.2) is 5.78 Å². The number of hydrogen-bond donors (Lipinski definition) is 2. The lowest BCUT2D eigenvalue weighted by atomic mass is 9.85. The maximum Gasteiger partial charge on any atom is 0.166 e. The lowest BCUT2D eigenvalue weighted by Crippen LogP contribution is -2.39. The lowest BCUT2D eigenvalue weighted by Gasteiger charge is -2.24. The van der Waals surface area contributed by atoms with Crippen molar-refractivity contribution >= 4 is 11.6 Å². The van der Waals surface area contributed by atoms with Crippen molar-refractivity contribution in [3.8, 4) is 0 Å². The van der Waals surface area contributed by atoms with E-state index in [1.165, 1.54) is 6.92 Å². The molecule has 0 fully saturated rings. The molecular formula is C12H23NO3. The zero-order chi connectivity index (χ0) is 12.9. The van der Waals surface area contributed by atoms with Gasteiger partial charge in [0.2, 0.25) is 0 Å². The van der Waals surface area contributed by atoms with E-state index in [4.69, 9.17) is 5.73 Å². The summed E-state index contributed by atoms with van der Waals surface area (Å²) < 4.78 is 0. The third-order valence-corrected chi connectivity index (χ3v) is 2.87. The van der Waals surface area contributed by atoms with Crippen LogP contribution in [0.15, 0.2) is 0 Å². The fourth-order valence-electron chi connectivity index (χ4n) is 1.60. The monoisotopic (exact) mass is 229 g/mol. The van der Waals surface area contributed by atoms with E-state index in [1.54, 1.807) is 20.8 Å². The first kappa shape index (κ1) is 15.3. The van der Waals surface area contributed by atoms with Crippen LogP contribution < -0.4 is 5.73 Å². The molecule has 0 aliphatic heterocycles. The maximum atomic E-state index is 11.7. The topological polar surface area (TPSA) is 80.4 Å². The van der Waals surface area contributed by atoms with Gasteiger partial charge in [-0.05, 0) is 19.8 Å². The van der Waals surface area contributed by atoms with Gasteiger partial charge in [-0.2, -0.15) is 0 Å². The summed E-state index contributed by atoms with van der Waals surface area (Å²) in [4.78, 5) is 22.9. The fraction of sp³-hybridized carbons (Fsp3) is 0.833. The highest BCUT2D eigenvalue weighted by atomic mass is 16.3. The number of rotatable bonds is 7. The second-order valence-corrected chi connectivity index (χ2v) is 4.90. The Hall–Kier alpha value is -0.740. The van der Waals surface area contributed by atoms with Gasteiger partial charge in [-0.15, -0.1) is 0 Å². The van der Waals surface area contributed by atoms with Crippen LogP contribution in [-0.2, 0) is 9.59 Å². The number of Topliss-reactive ketones (excluding diaryl/α,β-unsaturated/α-hetero) is 2. The van der Waals surface area contributed by atoms with E-state index >= 15 is 0 Å². The molecule has 0 rings (SSSR count). The highest BCUT2D eigenvalue weighted by Crippen LogP contribution is 2.21. The molecule has 0 heterocycles. The van der Waals surface area contributed by atoms with Crippen LogP contribution in [0.3, 0.4) is 0 Å². The van der Waals surface area contributed by atoms with Crippen molar-refractivity contribution < 1.29 is 14.7 Å². The summed E-state index contributed by atoms with van der Waals surface area (Å²) in [6, 6.07) is 0. The van der Waals surface area contributed by atoms with E-state index < -0.39 is 5.60 Å². The molecule has 3 N–H and O–H groups in total. The Labute approximate surface area is 97.2 Å². The number of ketones is 2. The van der Waals surface area contributed by atoms with Gasteiger partial charge in [0, 0.05) is 11.8 Å². The van der Waals surface area contributed by atoms with Crippen LogP contribution in [0.4, 0.5) is 0 Å². The number of carbonyl (C=O) groups is 2. The first-order valence-corrected chi connectivity index (χ1v) is 5.71. The summed E-state index contributed by atoms with van der Waals surface area (Å²) >= 11 is 0. The van der Waals surface area contributed by atoms with E-state index in [1.807, 2.05) is 0 Å². The van der Waals surface area contributed by atoms with Gasteiger partial charge < -0.3 is 10.8 Å². The van der Waals surface area contributed by atoms with Crippen molar-refractivity contribution in [1.82, 2.24) is 0 Å². The molecule has 0 bridgehead atoms. The Morgan fingerprint density at radius 3 is 2.19 bits per heavy atom. The fourth-order valence-corrected chi connectivity index (χ4v) is 1.60. The molecule has 0 aromatic carbocycles. The predicted octanol–water partition coefficient (Wildman–Crippen LogP) is 0.907. The molecule has 0 saturated heterocycles. The predicted molar refractivity (Wildman–Crippen MR) is 62.9 cm³/mol.